The normalized spacial score (nSPS) is 15.9. The predicted octanol–water partition coefficient (Wildman–Crippen LogP) is 3.15. The molecule has 2 aromatic rings. The van der Waals surface area contributed by atoms with Gasteiger partial charge >= 0.3 is 0 Å². The van der Waals surface area contributed by atoms with E-state index in [-0.39, 0.29) is 5.41 Å². The monoisotopic (exact) mass is 384 g/mol. The first-order chi connectivity index (χ1) is 13.4. The summed E-state index contributed by atoms with van der Waals surface area (Å²) in [5.74, 6) is 1.77. The maximum Gasteiger partial charge on any atom is 0.193 e. The number of methoxy groups -OCH3 is 1. The summed E-state index contributed by atoms with van der Waals surface area (Å²) in [4.78, 5) is 6.62. The highest BCUT2D eigenvalue weighted by molar-refractivity contribution is 5.79. The van der Waals surface area contributed by atoms with Crippen molar-refractivity contribution in [3.63, 3.8) is 0 Å². The summed E-state index contributed by atoms with van der Waals surface area (Å²) in [5, 5.41) is 3.49. The number of ether oxygens (including phenoxy) is 2. The predicted molar refractivity (Wildman–Crippen MR) is 114 cm³/mol. The van der Waals surface area contributed by atoms with Crippen LogP contribution in [0.1, 0.15) is 23.9 Å². The summed E-state index contributed by atoms with van der Waals surface area (Å²) in [6.07, 6.45) is 0. The van der Waals surface area contributed by atoms with Crippen LogP contribution >= 0.6 is 0 Å². The van der Waals surface area contributed by atoms with Crippen LogP contribution < -0.4 is 10.1 Å². The van der Waals surface area contributed by atoms with Gasteiger partial charge in [-0.2, -0.15) is 0 Å². The van der Waals surface area contributed by atoms with E-state index in [1.807, 2.05) is 19.2 Å². The number of guanidine groups is 1. The smallest absolute Gasteiger partial charge is 0.193 e. The molecule has 0 bridgehead atoms. The molecule has 1 aromatic carbocycles. The van der Waals surface area contributed by atoms with Gasteiger partial charge in [0.05, 0.1) is 20.3 Å². The SMILES string of the molecule is CN=C(NCC1(C)COC1)N(C)Cc1cc(C)n(-c2ccc(OC)cc2)c1C. The molecule has 0 radical (unpaired) electrons. The summed E-state index contributed by atoms with van der Waals surface area (Å²) in [6, 6.07) is 10.4. The van der Waals surface area contributed by atoms with Crippen LogP contribution in [0.3, 0.4) is 0 Å². The van der Waals surface area contributed by atoms with Gasteiger partial charge in [-0.05, 0) is 49.7 Å². The molecule has 1 saturated heterocycles. The molecule has 152 valence electrons. The van der Waals surface area contributed by atoms with Crippen molar-refractivity contribution in [2.24, 2.45) is 10.4 Å². The fourth-order valence-electron chi connectivity index (χ4n) is 3.68. The van der Waals surface area contributed by atoms with Crippen LogP contribution in [0.15, 0.2) is 35.3 Å². The first-order valence-electron chi connectivity index (χ1n) is 9.68. The third-order valence-corrected chi connectivity index (χ3v) is 5.42. The molecule has 0 spiro atoms. The van der Waals surface area contributed by atoms with Crippen molar-refractivity contribution in [1.29, 1.82) is 0 Å². The Morgan fingerprint density at radius 1 is 1.29 bits per heavy atom. The van der Waals surface area contributed by atoms with Crippen molar-refractivity contribution in [2.45, 2.75) is 27.3 Å². The Hall–Kier alpha value is -2.47. The highest BCUT2D eigenvalue weighted by Gasteiger charge is 2.33. The Balaban J connectivity index is 1.72. The van der Waals surface area contributed by atoms with Gasteiger partial charge in [-0.3, -0.25) is 4.99 Å². The molecule has 0 unspecified atom stereocenters. The van der Waals surface area contributed by atoms with Crippen molar-refractivity contribution < 1.29 is 9.47 Å². The summed E-state index contributed by atoms with van der Waals surface area (Å²) in [6.45, 7) is 9.83. The standard InChI is InChI=1S/C22H32N4O2/c1-16-11-18(17(2)26(16)19-7-9-20(27-6)10-8-19)12-25(5)21(23-4)24-13-22(3)14-28-15-22/h7-11H,12-15H2,1-6H3,(H,23,24). The Bertz CT molecular complexity index is 835. The number of hydrogen-bond acceptors (Lipinski definition) is 3. The van der Waals surface area contributed by atoms with E-state index < -0.39 is 0 Å². The molecule has 2 heterocycles. The number of hydrogen-bond donors (Lipinski definition) is 1. The molecule has 1 aliphatic rings. The number of aryl methyl sites for hydroxylation is 1. The van der Waals surface area contributed by atoms with E-state index in [0.29, 0.717) is 0 Å². The van der Waals surface area contributed by atoms with Crippen LogP contribution in [-0.4, -0.2) is 56.4 Å². The van der Waals surface area contributed by atoms with Crippen LogP contribution in [0.25, 0.3) is 5.69 Å². The van der Waals surface area contributed by atoms with Crippen LogP contribution in [0.2, 0.25) is 0 Å². The first kappa shape index (κ1) is 20.3. The summed E-state index contributed by atoms with van der Waals surface area (Å²) in [7, 11) is 5.60. The third kappa shape index (κ3) is 4.17. The van der Waals surface area contributed by atoms with Crippen molar-refractivity contribution in [1.82, 2.24) is 14.8 Å². The van der Waals surface area contributed by atoms with E-state index >= 15 is 0 Å². The molecule has 1 N–H and O–H groups in total. The molecule has 0 saturated carbocycles. The lowest BCUT2D eigenvalue weighted by Crippen LogP contribution is -2.51. The lowest BCUT2D eigenvalue weighted by molar-refractivity contribution is -0.0972. The molecule has 28 heavy (non-hydrogen) atoms. The third-order valence-electron chi connectivity index (χ3n) is 5.42. The molecular weight excluding hydrogens is 352 g/mol. The lowest BCUT2D eigenvalue weighted by Gasteiger charge is -2.39. The lowest BCUT2D eigenvalue weighted by atomic mass is 9.89. The second kappa shape index (κ2) is 8.27. The largest absolute Gasteiger partial charge is 0.497 e. The Labute approximate surface area is 168 Å². The fraction of sp³-hybridized carbons (Fsp3) is 0.500. The number of aliphatic imine (C=N–C) groups is 1. The van der Waals surface area contributed by atoms with Crippen LogP contribution in [-0.2, 0) is 11.3 Å². The molecule has 0 aliphatic carbocycles. The van der Waals surface area contributed by atoms with Gasteiger partial charge in [-0.1, -0.05) is 6.92 Å². The zero-order valence-electron chi connectivity index (χ0n) is 17.9. The second-order valence-corrected chi connectivity index (χ2v) is 7.99. The van der Waals surface area contributed by atoms with Gasteiger partial charge < -0.3 is 24.3 Å². The quantitative estimate of drug-likeness (QED) is 0.614. The van der Waals surface area contributed by atoms with E-state index in [9.17, 15) is 0 Å². The molecule has 6 heteroatoms. The molecule has 3 rings (SSSR count). The van der Waals surface area contributed by atoms with E-state index in [1.165, 1.54) is 17.0 Å². The number of nitrogens with one attached hydrogen (secondary N) is 1. The summed E-state index contributed by atoms with van der Waals surface area (Å²) >= 11 is 0. The number of aromatic nitrogens is 1. The van der Waals surface area contributed by atoms with Gasteiger partial charge in [-0.15, -0.1) is 0 Å². The minimum atomic E-state index is 0.209. The molecule has 0 atom stereocenters. The van der Waals surface area contributed by atoms with Crippen molar-refractivity contribution >= 4 is 5.96 Å². The van der Waals surface area contributed by atoms with Gasteiger partial charge in [-0.25, -0.2) is 0 Å². The average molecular weight is 385 g/mol. The zero-order valence-corrected chi connectivity index (χ0v) is 17.9. The van der Waals surface area contributed by atoms with Crippen LogP contribution in [0.4, 0.5) is 0 Å². The number of nitrogens with zero attached hydrogens (tertiary/aromatic N) is 3. The van der Waals surface area contributed by atoms with Gasteiger partial charge in [0.25, 0.3) is 0 Å². The Morgan fingerprint density at radius 3 is 2.50 bits per heavy atom. The maximum absolute atomic E-state index is 5.34. The highest BCUT2D eigenvalue weighted by Crippen LogP contribution is 2.26. The minimum absolute atomic E-state index is 0.209. The van der Waals surface area contributed by atoms with E-state index in [4.69, 9.17) is 9.47 Å². The fourth-order valence-corrected chi connectivity index (χ4v) is 3.68. The average Bonchev–Trinajstić information content (AvgIpc) is 2.94. The van der Waals surface area contributed by atoms with Crippen molar-refractivity contribution in [3.8, 4) is 11.4 Å². The van der Waals surface area contributed by atoms with Crippen LogP contribution in [0, 0.1) is 19.3 Å². The molecule has 0 amide bonds. The van der Waals surface area contributed by atoms with Gasteiger partial charge in [0, 0.05) is 49.7 Å². The molecule has 1 fully saturated rings. The van der Waals surface area contributed by atoms with Crippen molar-refractivity contribution in [2.75, 3.05) is 41.0 Å². The topological polar surface area (TPSA) is 51.0 Å². The van der Waals surface area contributed by atoms with Crippen LogP contribution in [0.5, 0.6) is 5.75 Å². The molecule has 1 aliphatic heterocycles. The van der Waals surface area contributed by atoms with Gasteiger partial charge in [0.15, 0.2) is 5.96 Å². The van der Waals surface area contributed by atoms with E-state index in [1.54, 1.807) is 7.11 Å². The van der Waals surface area contributed by atoms with Gasteiger partial charge in [0.2, 0.25) is 0 Å². The van der Waals surface area contributed by atoms with Gasteiger partial charge in [0.1, 0.15) is 5.75 Å². The van der Waals surface area contributed by atoms with E-state index in [0.717, 1.165) is 43.7 Å². The number of rotatable bonds is 6. The molecule has 6 nitrogen and oxygen atoms in total. The molecular formula is C22H32N4O2. The first-order valence-corrected chi connectivity index (χ1v) is 9.68. The molecule has 1 aromatic heterocycles. The van der Waals surface area contributed by atoms with Crippen molar-refractivity contribution in [3.05, 3.63) is 47.3 Å². The minimum Gasteiger partial charge on any atom is -0.497 e. The maximum atomic E-state index is 5.34. The zero-order chi connectivity index (χ0) is 20.3. The summed E-state index contributed by atoms with van der Waals surface area (Å²) < 4.78 is 12.9. The van der Waals surface area contributed by atoms with E-state index in [2.05, 4.69) is 65.8 Å². The second-order valence-electron chi connectivity index (χ2n) is 7.99. The number of benzene rings is 1. The Morgan fingerprint density at radius 2 is 1.96 bits per heavy atom. The Kier molecular flexibility index (Phi) is 5.98. The highest BCUT2D eigenvalue weighted by atomic mass is 16.5. The summed E-state index contributed by atoms with van der Waals surface area (Å²) in [5.41, 5.74) is 5.10.